The van der Waals surface area contributed by atoms with Gasteiger partial charge >= 0.3 is 5.97 Å². The molecule has 0 spiro atoms. The molecule has 0 aliphatic rings. The summed E-state index contributed by atoms with van der Waals surface area (Å²) in [5, 5.41) is 27.0. The van der Waals surface area contributed by atoms with Gasteiger partial charge < -0.3 is 42.6 Å². The van der Waals surface area contributed by atoms with Crippen LogP contribution in [0.5, 0.6) is 0 Å². The summed E-state index contributed by atoms with van der Waals surface area (Å²) < 4.78 is 0. The van der Waals surface area contributed by atoms with Crippen molar-refractivity contribution >= 4 is 23.7 Å². The summed E-state index contributed by atoms with van der Waals surface area (Å²) in [5.74, 6) is -3.67. The Balaban J connectivity index is 2.89. The molecule has 0 radical (unpaired) electrons. The van der Waals surface area contributed by atoms with E-state index < -0.39 is 54.0 Å². The number of aliphatic hydroxyl groups is 1. The quantitative estimate of drug-likeness (QED) is 0.123. The molecular formula is C22H39N7O6. The third-order valence-corrected chi connectivity index (χ3v) is 5.75. The topological polar surface area (TPSA) is 226 Å². The maximum Gasteiger partial charge on any atom is 0.326 e. The monoisotopic (exact) mass is 497 g/mol. The smallest absolute Gasteiger partial charge is 0.326 e. The van der Waals surface area contributed by atoms with Crippen LogP contribution in [0.4, 0.5) is 0 Å². The van der Waals surface area contributed by atoms with Gasteiger partial charge in [0.1, 0.15) is 18.1 Å². The van der Waals surface area contributed by atoms with Crippen LogP contribution in [-0.2, 0) is 25.6 Å². The van der Waals surface area contributed by atoms with Crippen molar-refractivity contribution in [3.8, 4) is 0 Å². The minimum Gasteiger partial charge on any atom is -0.480 e. The molecule has 198 valence electrons. The lowest BCUT2D eigenvalue weighted by atomic mass is 9.97. The lowest BCUT2D eigenvalue weighted by Crippen LogP contribution is -2.61. The summed E-state index contributed by atoms with van der Waals surface area (Å²) in [6.45, 7) is 5.27. The van der Waals surface area contributed by atoms with Gasteiger partial charge in [0.05, 0.1) is 18.5 Å². The first kappa shape index (κ1) is 30.0. The number of carboxylic acid groups (broad SMARTS) is 1. The molecule has 0 saturated heterocycles. The Morgan fingerprint density at radius 1 is 1.06 bits per heavy atom. The van der Waals surface area contributed by atoms with Crippen LogP contribution < -0.4 is 27.4 Å². The summed E-state index contributed by atoms with van der Waals surface area (Å²) in [6.07, 6.45) is 3.62. The molecule has 13 nitrogen and oxygen atoms in total. The summed E-state index contributed by atoms with van der Waals surface area (Å²) in [7, 11) is 0. The van der Waals surface area contributed by atoms with Crippen molar-refractivity contribution in [3.63, 3.8) is 0 Å². The van der Waals surface area contributed by atoms with Crippen LogP contribution >= 0.6 is 0 Å². The number of aromatic amines is 1. The highest BCUT2D eigenvalue weighted by molar-refractivity contribution is 5.94. The maximum absolute atomic E-state index is 13.1. The normalized spacial score (nSPS) is 16.3. The Hall–Kier alpha value is -3.03. The van der Waals surface area contributed by atoms with Gasteiger partial charge in [-0.3, -0.25) is 14.4 Å². The number of carbonyl (C=O) groups excluding carboxylic acids is 3. The third-order valence-electron chi connectivity index (χ3n) is 5.75. The predicted octanol–water partition coefficient (Wildman–Crippen LogP) is -1.63. The first-order valence-corrected chi connectivity index (χ1v) is 11.8. The first-order chi connectivity index (χ1) is 16.5. The van der Waals surface area contributed by atoms with Crippen LogP contribution in [0, 0.1) is 5.92 Å². The van der Waals surface area contributed by atoms with Gasteiger partial charge in [0, 0.05) is 18.3 Å². The summed E-state index contributed by atoms with van der Waals surface area (Å²) in [6, 6.07) is -4.61. The van der Waals surface area contributed by atoms with E-state index in [0.717, 1.165) is 0 Å². The number of rotatable bonds is 16. The second kappa shape index (κ2) is 15.1. The predicted molar refractivity (Wildman–Crippen MR) is 128 cm³/mol. The van der Waals surface area contributed by atoms with Gasteiger partial charge in [-0.15, -0.1) is 0 Å². The zero-order chi connectivity index (χ0) is 26.5. The molecule has 13 heteroatoms. The number of amides is 3. The number of carboxylic acids is 1. The molecule has 1 heterocycles. The molecule has 1 rings (SSSR count). The molecule has 0 aromatic carbocycles. The van der Waals surface area contributed by atoms with E-state index in [1.54, 1.807) is 6.92 Å². The second-order valence-corrected chi connectivity index (χ2v) is 8.67. The third kappa shape index (κ3) is 10.0. The molecule has 1 aromatic heterocycles. The minimum atomic E-state index is -1.43. The Kier molecular flexibility index (Phi) is 12.9. The molecule has 35 heavy (non-hydrogen) atoms. The van der Waals surface area contributed by atoms with E-state index in [2.05, 4.69) is 25.9 Å². The number of hydrogen-bond acceptors (Lipinski definition) is 8. The maximum atomic E-state index is 13.1. The van der Waals surface area contributed by atoms with E-state index >= 15 is 0 Å². The first-order valence-electron chi connectivity index (χ1n) is 11.8. The molecule has 0 fully saturated rings. The molecule has 0 aliphatic carbocycles. The molecule has 3 amide bonds. The van der Waals surface area contributed by atoms with Crippen molar-refractivity contribution in [2.24, 2.45) is 17.4 Å². The van der Waals surface area contributed by atoms with Gasteiger partial charge in [-0.25, -0.2) is 9.78 Å². The zero-order valence-electron chi connectivity index (χ0n) is 20.5. The fraction of sp³-hybridized carbons (Fsp3) is 0.682. The lowest BCUT2D eigenvalue weighted by Gasteiger charge is -2.29. The van der Waals surface area contributed by atoms with Crippen molar-refractivity contribution in [1.82, 2.24) is 25.9 Å². The largest absolute Gasteiger partial charge is 0.480 e. The van der Waals surface area contributed by atoms with Gasteiger partial charge in [-0.1, -0.05) is 20.3 Å². The van der Waals surface area contributed by atoms with Crippen LogP contribution in [0.2, 0.25) is 0 Å². The van der Waals surface area contributed by atoms with Gasteiger partial charge in [-0.2, -0.15) is 0 Å². The van der Waals surface area contributed by atoms with Crippen LogP contribution in [0.15, 0.2) is 12.5 Å². The van der Waals surface area contributed by atoms with Gasteiger partial charge in [-0.05, 0) is 38.6 Å². The number of nitrogens with zero attached hydrogens (tertiary/aromatic N) is 1. The number of aromatic nitrogens is 2. The van der Waals surface area contributed by atoms with Crippen LogP contribution in [0.1, 0.15) is 52.1 Å². The summed E-state index contributed by atoms with van der Waals surface area (Å²) in [4.78, 5) is 56.7. The molecular weight excluding hydrogens is 458 g/mol. The second-order valence-electron chi connectivity index (χ2n) is 8.67. The Morgan fingerprint density at radius 3 is 2.20 bits per heavy atom. The fourth-order valence-corrected chi connectivity index (χ4v) is 3.35. The molecule has 10 N–H and O–H groups in total. The SMILES string of the molecule is CCC(C)C(NC(=O)C(N)Cc1cnc[nH]1)C(=O)NC(C(=O)NC(CCCCN)C(=O)O)C(C)O. The van der Waals surface area contributed by atoms with Gasteiger partial charge in [0.2, 0.25) is 17.7 Å². The number of unbranched alkanes of at least 4 members (excludes halogenated alkanes) is 1. The number of aliphatic hydroxyl groups excluding tert-OH is 1. The lowest BCUT2D eigenvalue weighted by molar-refractivity contribution is -0.143. The Bertz CT molecular complexity index is 817. The van der Waals surface area contributed by atoms with Crippen LogP contribution in [-0.4, -0.2) is 80.7 Å². The van der Waals surface area contributed by atoms with Gasteiger partial charge in [0.15, 0.2) is 0 Å². The number of hydrogen-bond donors (Lipinski definition) is 8. The number of aliphatic carboxylic acids is 1. The van der Waals surface area contributed by atoms with E-state index in [1.165, 1.54) is 19.4 Å². The molecule has 6 atom stereocenters. The van der Waals surface area contributed by atoms with Crippen molar-refractivity contribution in [2.45, 2.75) is 83.1 Å². The highest BCUT2D eigenvalue weighted by atomic mass is 16.4. The highest BCUT2D eigenvalue weighted by Crippen LogP contribution is 2.10. The van der Waals surface area contributed by atoms with Crippen LogP contribution in [0.25, 0.3) is 0 Å². The van der Waals surface area contributed by atoms with Crippen molar-refractivity contribution < 1.29 is 29.4 Å². The summed E-state index contributed by atoms with van der Waals surface area (Å²) in [5.41, 5.74) is 12.1. The average molecular weight is 498 g/mol. The van der Waals surface area contributed by atoms with Crippen molar-refractivity contribution in [2.75, 3.05) is 6.54 Å². The number of carbonyl (C=O) groups is 4. The fourth-order valence-electron chi connectivity index (χ4n) is 3.35. The van der Waals surface area contributed by atoms with Crippen molar-refractivity contribution in [3.05, 3.63) is 18.2 Å². The zero-order valence-corrected chi connectivity index (χ0v) is 20.5. The number of nitrogens with one attached hydrogen (secondary N) is 4. The molecule has 0 aliphatic heterocycles. The molecule has 1 aromatic rings. The minimum absolute atomic E-state index is 0.151. The van der Waals surface area contributed by atoms with Crippen molar-refractivity contribution in [1.29, 1.82) is 0 Å². The standard InChI is InChI=1S/C22H39N7O6/c1-4-12(2)17(28-19(31)15(24)9-14-10-25-11-26-14)20(32)29-18(13(3)30)21(33)27-16(22(34)35)7-5-6-8-23/h10-13,15-18,30H,4-9,23-24H2,1-3H3,(H,25,26)(H,27,33)(H,28,31)(H,29,32)(H,34,35). The molecule has 6 unspecified atom stereocenters. The van der Waals surface area contributed by atoms with E-state index in [1.807, 2.05) is 6.92 Å². The number of nitrogens with two attached hydrogens (primary N) is 2. The van der Waals surface area contributed by atoms with Crippen LogP contribution in [0.3, 0.4) is 0 Å². The van der Waals surface area contributed by atoms with Gasteiger partial charge in [0.25, 0.3) is 0 Å². The van der Waals surface area contributed by atoms with E-state index in [-0.39, 0.29) is 18.8 Å². The van der Waals surface area contributed by atoms with E-state index in [9.17, 15) is 29.4 Å². The number of H-pyrrole nitrogens is 1. The highest BCUT2D eigenvalue weighted by Gasteiger charge is 2.34. The average Bonchev–Trinajstić information content (AvgIpc) is 3.32. The Morgan fingerprint density at radius 2 is 1.69 bits per heavy atom. The Labute approximate surface area is 204 Å². The van der Waals surface area contributed by atoms with E-state index in [4.69, 9.17) is 11.5 Å². The molecule has 0 saturated carbocycles. The molecule has 0 bridgehead atoms. The van der Waals surface area contributed by atoms with E-state index in [0.29, 0.717) is 31.5 Å². The number of imidazole rings is 1. The summed E-state index contributed by atoms with van der Waals surface area (Å²) >= 11 is 0.